The van der Waals surface area contributed by atoms with Crippen LogP contribution in [0.5, 0.6) is 0 Å². The van der Waals surface area contributed by atoms with Gasteiger partial charge in [0.25, 0.3) is 0 Å². The molecule has 0 bridgehead atoms. The SMILES string of the molecule is CCOC(=O)C1CCN(C(=O)NCc2cccc(COC(C)(C)C)c2)CC1. The summed E-state index contributed by atoms with van der Waals surface area (Å²) in [6, 6.07) is 7.96. The normalized spacial score (nSPS) is 15.5. The summed E-state index contributed by atoms with van der Waals surface area (Å²) in [4.78, 5) is 25.9. The lowest BCUT2D eigenvalue weighted by Gasteiger charge is -2.30. The van der Waals surface area contributed by atoms with Crippen molar-refractivity contribution in [3.8, 4) is 0 Å². The zero-order valence-electron chi connectivity index (χ0n) is 16.9. The lowest BCUT2D eigenvalue weighted by molar-refractivity contribution is -0.149. The van der Waals surface area contributed by atoms with Crippen molar-refractivity contribution in [2.75, 3.05) is 19.7 Å². The predicted octanol–water partition coefficient (Wildman–Crippen LogP) is 3.49. The van der Waals surface area contributed by atoms with Crippen LogP contribution in [0, 0.1) is 5.92 Å². The zero-order valence-corrected chi connectivity index (χ0v) is 16.9. The quantitative estimate of drug-likeness (QED) is 0.772. The van der Waals surface area contributed by atoms with E-state index in [-0.39, 0.29) is 23.5 Å². The molecule has 150 valence electrons. The fourth-order valence-corrected chi connectivity index (χ4v) is 3.00. The first-order valence-corrected chi connectivity index (χ1v) is 9.69. The fourth-order valence-electron chi connectivity index (χ4n) is 3.00. The molecular weight excluding hydrogens is 344 g/mol. The largest absolute Gasteiger partial charge is 0.466 e. The number of urea groups is 1. The first-order chi connectivity index (χ1) is 12.8. The third kappa shape index (κ3) is 7.21. The van der Waals surface area contributed by atoms with Gasteiger partial charge in [-0.25, -0.2) is 4.79 Å². The molecule has 0 unspecified atom stereocenters. The van der Waals surface area contributed by atoms with E-state index >= 15 is 0 Å². The van der Waals surface area contributed by atoms with Gasteiger partial charge in [0.05, 0.1) is 24.7 Å². The topological polar surface area (TPSA) is 67.9 Å². The van der Waals surface area contributed by atoms with Crippen molar-refractivity contribution >= 4 is 12.0 Å². The summed E-state index contributed by atoms with van der Waals surface area (Å²) in [5.74, 6) is -0.236. The van der Waals surface area contributed by atoms with Crippen LogP contribution in [0.2, 0.25) is 0 Å². The summed E-state index contributed by atoms with van der Waals surface area (Å²) in [6.45, 7) is 10.5. The van der Waals surface area contributed by atoms with Crippen molar-refractivity contribution in [2.45, 2.75) is 59.3 Å². The third-order valence-electron chi connectivity index (χ3n) is 4.51. The summed E-state index contributed by atoms with van der Waals surface area (Å²) in [6.07, 6.45) is 1.32. The van der Waals surface area contributed by atoms with Gasteiger partial charge in [-0.05, 0) is 51.7 Å². The molecule has 27 heavy (non-hydrogen) atoms. The summed E-state index contributed by atoms with van der Waals surface area (Å²) in [5, 5.41) is 2.97. The van der Waals surface area contributed by atoms with Crippen LogP contribution in [0.1, 0.15) is 51.7 Å². The van der Waals surface area contributed by atoms with Gasteiger partial charge in [-0.15, -0.1) is 0 Å². The molecular formula is C21H32N2O4. The molecule has 0 saturated carbocycles. The van der Waals surface area contributed by atoms with Crippen LogP contribution >= 0.6 is 0 Å². The number of esters is 1. The zero-order chi connectivity index (χ0) is 19.9. The monoisotopic (exact) mass is 376 g/mol. The van der Waals surface area contributed by atoms with Crippen molar-refractivity contribution in [1.29, 1.82) is 0 Å². The molecule has 1 aromatic carbocycles. The van der Waals surface area contributed by atoms with Crippen LogP contribution in [0.4, 0.5) is 4.79 Å². The number of likely N-dealkylation sites (tertiary alicyclic amines) is 1. The number of carbonyl (C=O) groups excluding carboxylic acids is 2. The number of ether oxygens (including phenoxy) is 2. The molecule has 0 aliphatic carbocycles. The van der Waals surface area contributed by atoms with Crippen molar-refractivity contribution in [2.24, 2.45) is 5.92 Å². The van der Waals surface area contributed by atoms with Crippen molar-refractivity contribution < 1.29 is 19.1 Å². The summed E-state index contributed by atoms with van der Waals surface area (Å²) >= 11 is 0. The maximum absolute atomic E-state index is 12.4. The smallest absolute Gasteiger partial charge is 0.317 e. The van der Waals surface area contributed by atoms with Crippen LogP contribution in [0.25, 0.3) is 0 Å². The van der Waals surface area contributed by atoms with Gasteiger partial charge in [-0.2, -0.15) is 0 Å². The number of carbonyl (C=O) groups is 2. The van der Waals surface area contributed by atoms with E-state index in [1.807, 2.05) is 45.9 Å². The Bertz CT molecular complexity index is 631. The molecule has 2 amide bonds. The number of benzene rings is 1. The van der Waals surface area contributed by atoms with Crippen molar-refractivity contribution in [3.63, 3.8) is 0 Å². The van der Waals surface area contributed by atoms with E-state index in [9.17, 15) is 9.59 Å². The van der Waals surface area contributed by atoms with Gasteiger partial charge in [0.1, 0.15) is 0 Å². The van der Waals surface area contributed by atoms with Crippen LogP contribution in [-0.2, 0) is 27.4 Å². The number of rotatable bonds is 6. The fraction of sp³-hybridized carbons (Fsp3) is 0.619. The minimum absolute atomic E-state index is 0.0892. The maximum Gasteiger partial charge on any atom is 0.317 e. The highest BCUT2D eigenvalue weighted by Crippen LogP contribution is 2.19. The molecule has 1 N–H and O–H groups in total. The van der Waals surface area contributed by atoms with Gasteiger partial charge >= 0.3 is 12.0 Å². The van der Waals surface area contributed by atoms with Crippen molar-refractivity contribution in [3.05, 3.63) is 35.4 Å². The minimum atomic E-state index is -0.181. The van der Waals surface area contributed by atoms with E-state index in [0.29, 0.717) is 45.7 Å². The summed E-state index contributed by atoms with van der Waals surface area (Å²) < 4.78 is 10.9. The number of hydrogen-bond donors (Lipinski definition) is 1. The summed E-state index contributed by atoms with van der Waals surface area (Å²) in [7, 11) is 0. The highest BCUT2D eigenvalue weighted by Gasteiger charge is 2.28. The first-order valence-electron chi connectivity index (χ1n) is 9.69. The minimum Gasteiger partial charge on any atom is -0.466 e. The molecule has 6 heteroatoms. The first kappa shape index (κ1) is 21.2. The molecule has 1 aliphatic heterocycles. The standard InChI is InChI=1S/C21H32N2O4/c1-5-26-19(24)18-9-11-23(12-10-18)20(25)22-14-16-7-6-8-17(13-16)15-27-21(2,3)4/h6-8,13,18H,5,9-12,14-15H2,1-4H3,(H,22,25). The number of amides is 2. The van der Waals surface area contributed by atoms with Gasteiger partial charge in [0, 0.05) is 19.6 Å². The van der Waals surface area contributed by atoms with Crippen LogP contribution in [0.3, 0.4) is 0 Å². The van der Waals surface area contributed by atoms with Gasteiger partial charge in [0.2, 0.25) is 0 Å². The summed E-state index contributed by atoms with van der Waals surface area (Å²) in [5.41, 5.74) is 1.95. The van der Waals surface area contributed by atoms with E-state index in [2.05, 4.69) is 11.4 Å². The molecule has 1 heterocycles. The third-order valence-corrected chi connectivity index (χ3v) is 4.51. The highest BCUT2D eigenvalue weighted by molar-refractivity contribution is 5.76. The van der Waals surface area contributed by atoms with E-state index in [1.165, 1.54) is 0 Å². The van der Waals surface area contributed by atoms with Crippen LogP contribution in [-0.4, -0.2) is 42.2 Å². The average molecular weight is 376 g/mol. The van der Waals surface area contributed by atoms with Gasteiger partial charge in [-0.1, -0.05) is 24.3 Å². The Morgan fingerprint density at radius 3 is 2.48 bits per heavy atom. The Morgan fingerprint density at radius 2 is 1.85 bits per heavy atom. The Hall–Kier alpha value is -2.08. The number of nitrogens with zero attached hydrogens (tertiary/aromatic N) is 1. The molecule has 1 fully saturated rings. The van der Waals surface area contributed by atoms with E-state index in [4.69, 9.17) is 9.47 Å². The second-order valence-corrected chi connectivity index (χ2v) is 7.89. The highest BCUT2D eigenvalue weighted by atomic mass is 16.5. The molecule has 0 spiro atoms. The molecule has 6 nitrogen and oxygen atoms in total. The van der Waals surface area contributed by atoms with E-state index in [0.717, 1.165) is 11.1 Å². The second kappa shape index (κ2) is 9.74. The molecule has 0 atom stereocenters. The number of nitrogens with one attached hydrogen (secondary N) is 1. The van der Waals surface area contributed by atoms with Crippen LogP contribution in [0.15, 0.2) is 24.3 Å². The lowest BCUT2D eigenvalue weighted by atomic mass is 9.97. The molecule has 0 aromatic heterocycles. The second-order valence-electron chi connectivity index (χ2n) is 7.89. The average Bonchev–Trinajstić information content (AvgIpc) is 2.64. The Balaban J connectivity index is 1.78. The van der Waals surface area contributed by atoms with E-state index in [1.54, 1.807) is 4.90 Å². The van der Waals surface area contributed by atoms with Crippen molar-refractivity contribution in [1.82, 2.24) is 10.2 Å². The van der Waals surface area contributed by atoms with Gasteiger partial charge < -0.3 is 19.7 Å². The Morgan fingerprint density at radius 1 is 1.19 bits per heavy atom. The number of piperidine rings is 1. The Labute approximate surface area is 162 Å². The lowest BCUT2D eigenvalue weighted by Crippen LogP contribution is -2.45. The molecule has 0 radical (unpaired) electrons. The van der Waals surface area contributed by atoms with Gasteiger partial charge in [-0.3, -0.25) is 4.79 Å². The predicted molar refractivity (Wildman–Crippen MR) is 104 cm³/mol. The van der Waals surface area contributed by atoms with Crippen LogP contribution < -0.4 is 5.32 Å². The Kier molecular flexibility index (Phi) is 7.66. The molecule has 1 aromatic rings. The number of hydrogen-bond acceptors (Lipinski definition) is 4. The molecule has 2 rings (SSSR count). The van der Waals surface area contributed by atoms with Gasteiger partial charge in [0.15, 0.2) is 0 Å². The molecule has 1 aliphatic rings. The van der Waals surface area contributed by atoms with E-state index < -0.39 is 0 Å². The molecule has 1 saturated heterocycles. The maximum atomic E-state index is 12.4.